The summed E-state index contributed by atoms with van der Waals surface area (Å²) in [6.07, 6.45) is 0. The molecule has 0 spiro atoms. The molecule has 20 heavy (non-hydrogen) atoms. The van der Waals surface area contributed by atoms with Gasteiger partial charge in [0.05, 0.1) is 12.2 Å². The van der Waals surface area contributed by atoms with Crippen molar-refractivity contribution in [1.29, 1.82) is 0 Å². The van der Waals surface area contributed by atoms with E-state index in [-0.39, 0.29) is 18.2 Å². The van der Waals surface area contributed by atoms with Crippen molar-refractivity contribution in [3.8, 4) is 0 Å². The molecule has 1 aromatic heterocycles. The van der Waals surface area contributed by atoms with Gasteiger partial charge in [0.2, 0.25) is 0 Å². The van der Waals surface area contributed by atoms with E-state index in [4.69, 9.17) is 16.7 Å². The van der Waals surface area contributed by atoms with Crippen molar-refractivity contribution in [3.63, 3.8) is 0 Å². The second-order valence-electron chi connectivity index (χ2n) is 4.68. The Morgan fingerprint density at radius 3 is 2.75 bits per heavy atom. The third-order valence-corrected chi connectivity index (χ3v) is 3.09. The molecule has 0 saturated heterocycles. The average molecular weight is 298 g/mol. The number of halogens is 2. The maximum absolute atomic E-state index is 13.8. The van der Waals surface area contributed by atoms with Crippen molar-refractivity contribution in [2.45, 2.75) is 26.3 Å². The summed E-state index contributed by atoms with van der Waals surface area (Å²) in [5, 5.41) is 16.8. The molecule has 0 aliphatic rings. The molecule has 0 bridgehead atoms. The van der Waals surface area contributed by atoms with E-state index in [9.17, 15) is 9.18 Å². The van der Waals surface area contributed by atoms with Crippen LogP contribution in [0, 0.1) is 5.82 Å². The van der Waals surface area contributed by atoms with E-state index in [0.29, 0.717) is 16.3 Å². The van der Waals surface area contributed by atoms with E-state index in [1.807, 2.05) is 13.8 Å². The smallest absolute Gasteiger partial charge is 0.358 e. The third-order valence-electron chi connectivity index (χ3n) is 2.86. The van der Waals surface area contributed by atoms with Gasteiger partial charge in [-0.25, -0.2) is 13.9 Å². The molecule has 1 aromatic carbocycles. The van der Waals surface area contributed by atoms with E-state index >= 15 is 0 Å². The van der Waals surface area contributed by atoms with Gasteiger partial charge in [0, 0.05) is 10.6 Å². The summed E-state index contributed by atoms with van der Waals surface area (Å²) in [7, 11) is 0. The van der Waals surface area contributed by atoms with E-state index in [0.717, 1.165) is 0 Å². The Labute approximate surface area is 120 Å². The van der Waals surface area contributed by atoms with Crippen LogP contribution in [0.25, 0.3) is 0 Å². The van der Waals surface area contributed by atoms with Crippen molar-refractivity contribution in [3.05, 3.63) is 46.0 Å². The molecule has 0 saturated carbocycles. The first kappa shape index (κ1) is 14.5. The quantitative estimate of drug-likeness (QED) is 0.942. The number of hydrogen-bond donors (Lipinski definition) is 1. The molecule has 0 amide bonds. The molecule has 1 heterocycles. The van der Waals surface area contributed by atoms with Crippen LogP contribution in [0.3, 0.4) is 0 Å². The van der Waals surface area contributed by atoms with Crippen molar-refractivity contribution in [1.82, 2.24) is 15.0 Å². The minimum atomic E-state index is -1.14. The number of nitrogens with zero attached hydrogens (tertiary/aromatic N) is 3. The Hall–Kier alpha value is -1.95. The van der Waals surface area contributed by atoms with Crippen LogP contribution in [0.2, 0.25) is 5.02 Å². The number of carboxylic acid groups (broad SMARTS) is 1. The average Bonchev–Trinajstić information content (AvgIpc) is 2.76. The monoisotopic (exact) mass is 297 g/mol. The Kier molecular flexibility index (Phi) is 4.04. The van der Waals surface area contributed by atoms with Crippen LogP contribution in [-0.2, 0) is 6.54 Å². The number of carboxylic acids is 1. The molecule has 2 aromatic rings. The number of hydrogen-bond acceptors (Lipinski definition) is 3. The Morgan fingerprint density at radius 2 is 2.20 bits per heavy atom. The van der Waals surface area contributed by atoms with E-state index in [1.165, 1.54) is 10.7 Å². The van der Waals surface area contributed by atoms with Gasteiger partial charge in [-0.1, -0.05) is 36.7 Å². The van der Waals surface area contributed by atoms with Gasteiger partial charge in [-0.3, -0.25) is 0 Å². The van der Waals surface area contributed by atoms with Crippen LogP contribution >= 0.6 is 11.6 Å². The first-order valence-corrected chi connectivity index (χ1v) is 6.38. The van der Waals surface area contributed by atoms with E-state index in [2.05, 4.69) is 10.3 Å². The molecule has 0 unspecified atom stereocenters. The van der Waals surface area contributed by atoms with Crippen molar-refractivity contribution in [2.24, 2.45) is 0 Å². The van der Waals surface area contributed by atoms with Crippen molar-refractivity contribution >= 4 is 17.6 Å². The molecule has 0 aliphatic heterocycles. The molecular formula is C13H13ClFN3O2. The minimum absolute atomic E-state index is 0.0912. The van der Waals surface area contributed by atoms with Gasteiger partial charge < -0.3 is 5.11 Å². The standard InChI is InChI=1S/C13H13ClFN3O2/c1-7(2)12-11(13(19)20)16-17-18(12)6-8-3-4-9(14)5-10(8)15/h3-5,7H,6H2,1-2H3,(H,19,20). The van der Waals surface area contributed by atoms with Crippen molar-refractivity contribution < 1.29 is 14.3 Å². The summed E-state index contributed by atoms with van der Waals surface area (Å²) in [6.45, 7) is 3.77. The molecule has 0 radical (unpaired) electrons. The second kappa shape index (κ2) is 5.58. The summed E-state index contributed by atoms with van der Waals surface area (Å²) in [6, 6.07) is 4.33. The lowest BCUT2D eigenvalue weighted by Crippen LogP contribution is -2.11. The molecular weight excluding hydrogens is 285 g/mol. The van der Waals surface area contributed by atoms with Gasteiger partial charge in [-0.05, 0) is 18.1 Å². The molecule has 0 aliphatic carbocycles. The highest BCUT2D eigenvalue weighted by Crippen LogP contribution is 2.21. The normalized spacial score (nSPS) is 11.1. The predicted octanol–water partition coefficient (Wildman–Crippen LogP) is 2.94. The summed E-state index contributed by atoms with van der Waals surface area (Å²) in [5.41, 5.74) is 0.736. The largest absolute Gasteiger partial charge is 0.476 e. The molecule has 1 N–H and O–H groups in total. The molecule has 7 heteroatoms. The maximum Gasteiger partial charge on any atom is 0.358 e. The maximum atomic E-state index is 13.8. The van der Waals surface area contributed by atoms with Gasteiger partial charge >= 0.3 is 5.97 Å². The van der Waals surface area contributed by atoms with Crippen LogP contribution in [0.4, 0.5) is 4.39 Å². The number of rotatable bonds is 4. The van der Waals surface area contributed by atoms with Gasteiger partial charge in [-0.15, -0.1) is 5.10 Å². The Balaban J connectivity index is 2.41. The SMILES string of the molecule is CC(C)c1c(C(=O)O)nnn1Cc1ccc(Cl)cc1F. The Bertz CT molecular complexity index is 655. The fourth-order valence-corrected chi connectivity index (χ4v) is 2.13. The lowest BCUT2D eigenvalue weighted by Gasteiger charge is -2.10. The van der Waals surface area contributed by atoms with Crippen LogP contribution in [0.15, 0.2) is 18.2 Å². The van der Waals surface area contributed by atoms with Crippen molar-refractivity contribution in [2.75, 3.05) is 0 Å². The first-order chi connectivity index (χ1) is 9.40. The van der Waals surface area contributed by atoms with Crippen LogP contribution < -0.4 is 0 Å². The zero-order chi connectivity index (χ0) is 14.9. The number of carbonyl (C=O) groups is 1. The third kappa shape index (κ3) is 2.80. The summed E-state index contributed by atoms with van der Waals surface area (Å²) < 4.78 is 15.2. The predicted molar refractivity (Wildman–Crippen MR) is 71.6 cm³/mol. The fourth-order valence-electron chi connectivity index (χ4n) is 1.97. The number of aromatic carboxylic acids is 1. The highest BCUT2D eigenvalue weighted by Gasteiger charge is 2.22. The molecule has 0 fully saturated rings. The summed E-state index contributed by atoms with van der Waals surface area (Å²) >= 11 is 5.69. The highest BCUT2D eigenvalue weighted by molar-refractivity contribution is 6.30. The minimum Gasteiger partial charge on any atom is -0.476 e. The Morgan fingerprint density at radius 1 is 1.50 bits per heavy atom. The van der Waals surface area contributed by atoms with Gasteiger partial charge in [0.25, 0.3) is 0 Å². The van der Waals surface area contributed by atoms with Gasteiger partial charge in [0.1, 0.15) is 5.82 Å². The second-order valence-corrected chi connectivity index (χ2v) is 5.11. The van der Waals surface area contributed by atoms with Crippen LogP contribution in [-0.4, -0.2) is 26.1 Å². The molecule has 5 nitrogen and oxygen atoms in total. The van der Waals surface area contributed by atoms with Crippen LogP contribution in [0.5, 0.6) is 0 Å². The number of benzene rings is 1. The lowest BCUT2D eigenvalue weighted by molar-refractivity contribution is 0.0688. The van der Waals surface area contributed by atoms with E-state index in [1.54, 1.807) is 12.1 Å². The summed E-state index contributed by atoms with van der Waals surface area (Å²) in [4.78, 5) is 11.1. The molecule has 2 rings (SSSR count). The topological polar surface area (TPSA) is 68.0 Å². The van der Waals surface area contributed by atoms with Crippen LogP contribution in [0.1, 0.15) is 41.5 Å². The molecule has 106 valence electrons. The zero-order valence-electron chi connectivity index (χ0n) is 11.0. The van der Waals surface area contributed by atoms with Gasteiger partial charge in [0.15, 0.2) is 5.69 Å². The highest BCUT2D eigenvalue weighted by atomic mass is 35.5. The van der Waals surface area contributed by atoms with Gasteiger partial charge in [-0.2, -0.15) is 0 Å². The lowest BCUT2D eigenvalue weighted by atomic mass is 10.1. The zero-order valence-corrected chi connectivity index (χ0v) is 11.7. The molecule has 0 atom stereocenters. The van der Waals surface area contributed by atoms with E-state index < -0.39 is 11.8 Å². The fraction of sp³-hybridized carbons (Fsp3) is 0.308. The first-order valence-electron chi connectivity index (χ1n) is 6.00. The summed E-state index contributed by atoms with van der Waals surface area (Å²) in [5.74, 6) is -1.69. The number of aromatic nitrogens is 3.